The van der Waals surface area contributed by atoms with Crippen LogP contribution in [-0.4, -0.2) is 20.0 Å². The molecule has 0 saturated carbocycles. The molecule has 0 amide bonds. The Hall–Kier alpha value is -2.25. The highest BCUT2D eigenvalue weighted by atomic mass is 79.9. The average molecular weight is 407 g/mol. The van der Waals surface area contributed by atoms with Gasteiger partial charge in [0.25, 0.3) is 0 Å². The molecule has 5 nitrogen and oxygen atoms in total. The minimum atomic E-state index is -3.85. The van der Waals surface area contributed by atoms with Gasteiger partial charge in [0.2, 0.25) is 0 Å². The van der Waals surface area contributed by atoms with E-state index in [1.165, 1.54) is 18.2 Å². The summed E-state index contributed by atoms with van der Waals surface area (Å²) in [7, 11) is -3.85. The third kappa shape index (κ3) is 3.32. The number of benzene rings is 2. The van der Waals surface area contributed by atoms with E-state index in [4.69, 9.17) is 4.42 Å². The molecule has 3 aromatic rings. The number of sulfone groups is 1. The van der Waals surface area contributed by atoms with E-state index in [1.807, 2.05) is 0 Å². The average Bonchev–Trinajstić information content (AvgIpc) is 2.54. The van der Waals surface area contributed by atoms with Crippen LogP contribution >= 0.6 is 15.9 Å². The van der Waals surface area contributed by atoms with Crippen molar-refractivity contribution in [2.75, 3.05) is 5.75 Å². The summed E-state index contributed by atoms with van der Waals surface area (Å²) in [6, 6.07) is 14.0. The number of halogens is 1. The number of para-hydroxylation sites is 1. The molecule has 3 rings (SSSR count). The molecule has 0 atom stereocenters. The standard InChI is InChI=1S/C17H11BrO5S/c18-12-5-7-13(8-6-12)24(21,22)10-15(19)14-9-11-3-1-2-4-16(11)23-17(14)20/h1-9H,10H2. The van der Waals surface area contributed by atoms with Gasteiger partial charge in [-0.05, 0) is 36.4 Å². The predicted octanol–water partition coefficient (Wildman–Crippen LogP) is 3.21. The van der Waals surface area contributed by atoms with Gasteiger partial charge in [0, 0.05) is 9.86 Å². The second-order valence-corrected chi connectivity index (χ2v) is 8.03. The molecule has 0 saturated heterocycles. The zero-order valence-corrected chi connectivity index (χ0v) is 14.6. The quantitative estimate of drug-likeness (QED) is 0.490. The van der Waals surface area contributed by atoms with Gasteiger partial charge in [-0.2, -0.15) is 0 Å². The summed E-state index contributed by atoms with van der Waals surface area (Å²) in [6.07, 6.45) is 0. The van der Waals surface area contributed by atoms with E-state index >= 15 is 0 Å². The Bertz CT molecular complexity index is 1080. The van der Waals surface area contributed by atoms with E-state index in [9.17, 15) is 18.0 Å². The Morgan fingerprint density at radius 1 is 1.04 bits per heavy atom. The Morgan fingerprint density at radius 2 is 1.71 bits per heavy atom. The first-order valence-electron chi connectivity index (χ1n) is 6.91. The largest absolute Gasteiger partial charge is 0.422 e. The lowest BCUT2D eigenvalue weighted by Gasteiger charge is -2.04. The lowest BCUT2D eigenvalue weighted by atomic mass is 10.1. The number of hydrogen-bond donors (Lipinski definition) is 0. The molecule has 1 heterocycles. The molecule has 0 aliphatic rings. The molecule has 0 bridgehead atoms. The van der Waals surface area contributed by atoms with Crippen molar-refractivity contribution in [3.8, 4) is 0 Å². The summed E-state index contributed by atoms with van der Waals surface area (Å²) >= 11 is 3.22. The van der Waals surface area contributed by atoms with Gasteiger partial charge in [-0.3, -0.25) is 4.79 Å². The Kier molecular flexibility index (Phi) is 4.38. The van der Waals surface area contributed by atoms with Gasteiger partial charge in [-0.1, -0.05) is 34.1 Å². The van der Waals surface area contributed by atoms with Crippen molar-refractivity contribution in [2.45, 2.75) is 4.90 Å². The smallest absolute Gasteiger partial charge is 0.347 e. The maximum atomic E-state index is 12.3. The zero-order valence-electron chi connectivity index (χ0n) is 12.2. The van der Waals surface area contributed by atoms with Crippen LogP contribution in [0.25, 0.3) is 11.0 Å². The summed E-state index contributed by atoms with van der Waals surface area (Å²) in [5.74, 6) is -1.59. The number of carbonyl (C=O) groups excluding carboxylic acids is 1. The minimum absolute atomic E-state index is 0.0178. The van der Waals surface area contributed by atoms with E-state index in [2.05, 4.69) is 15.9 Å². The first kappa shape index (κ1) is 16.6. The maximum Gasteiger partial charge on any atom is 0.347 e. The molecule has 2 aromatic carbocycles. The second-order valence-electron chi connectivity index (χ2n) is 5.12. The van der Waals surface area contributed by atoms with E-state index < -0.39 is 27.0 Å². The SMILES string of the molecule is O=C(CS(=O)(=O)c1ccc(Br)cc1)c1cc2ccccc2oc1=O. The zero-order chi connectivity index (χ0) is 17.3. The fourth-order valence-electron chi connectivity index (χ4n) is 2.23. The topological polar surface area (TPSA) is 81.4 Å². The van der Waals surface area contributed by atoms with Crippen LogP contribution < -0.4 is 5.63 Å². The van der Waals surface area contributed by atoms with Crippen LogP contribution in [0.2, 0.25) is 0 Å². The van der Waals surface area contributed by atoms with Gasteiger partial charge < -0.3 is 4.42 Å². The van der Waals surface area contributed by atoms with E-state index in [1.54, 1.807) is 36.4 Å². The normalized spacial score (nSPS) is 11.5. The summed E-state index contributed by atoms with van der Waals surface area (Å²) in [5, 5.41) is 0.557. The molecule has 122 valence electrons. The van der Waals surface area contributed by atoms with E-state index in [0.717, 1.165) is 4.47 Å². The fourth-order valence-corrected chi connectivity index (χ4v) is 3.71. The minimum Gasteiger partial charge on any atom is -0.422 e. The van der Waals surface area contributed by atoms with Crippen molar-refractivity contribution in [3.05, 3.63) is 75.1 Å². The molecular formula is C17H11BrO5S. The fraction of sp³-hybridized carbons (Fsp3) is 0.0588. The lowest BCUT2D eigenvalue weighted by Crippen LogP contribution is -2.22. The van der Waals surface area contributed by atoms with Crippen LogP contribution in [0.5, 0.6) is 0 Å². The van der Waals surface area contributed by atoms with Crippen molar-refractivity contribution < 1.29 is 17.6 Å². The molecule has 7 heteroatoms. The van der Waals surface area contributed by atoms with Gasteiger partial charge in [-0.15, -0.1) is 0 Å². The number of Topliss-reactive ketones (excluding diaryl/α,β-unsaturated/α-hetero) is 1. The molecule has 0 aliphatic heterocycles. The number of carbonyl (C=O) groups is 1. The van der Waals surface area contributed by atoms with Crippen LogP contribution in [0.4, 0.5) is 0 Å². The van der Waals surface area contributed by atoms with E-state index in [-0.39, 0.29) is 10.5 Å². The van der Waals surface area contributed by atoms with Crippen LogP contribution in [0.1, 0.15) is 10.4 Å². The molecule has 1 aromatic heterocycles. The van der Waals surface area contributed by atoms with Crippen LogP contribution in [-0.2, 0) is 9.84 Å². The molecule has 24 heavy (non-hydrogen) atoms. The summed E-state index contributed by atoms with van der Waals surface area (Å²) < 4.78 is 30.5. The Morgan fingerprint density at radius 3 is 2.42 bits per heavy atom. The number of fused-ring (bicyclic) bond motifs is 1. The highest BCUT2D eigenvalue weighted by Gasteiger charge is 2.23. The van der Waals surface area contributed by atoms with Gasteiger partial charge in [0.15, 0.2) is 15.6 Å². The van der Waals surface area contributed by atoms with Crippen LogP contribution in [0.3, 0.4) is 0 Å². The molecule has 0 fully saturated rings. The highest BCUT2D eigenvalue weighted by molar-refractivity contribution is 9.10. The maximum absolute atomic E-state index is 12.3. The predicted molar refractivity (Wildman–Crippen MR) is 93.0 cm³/mol. The van der Waals surface area contributed by atoms with Gasteiger partial charge in [-0.25, -0.2) is 13.2 Å². The van der Waals surface area contributed by atoms with Crippen LogP contribution in [0.15, 0.2) is 73.2 Å². The van der Waals surface area contributed by atoms with Gasteiger partial charge >= 0.3 is 5.63 Å². The summed E-state index contributed by atoms with van der Waals surface area (Å²) in [4.78, 5) is 24.3. The Labute approximate surface area is 146 Å². The summed E-state index contributed by atoms with van der Waals surface area (Å²) in [5.41, 5.74) is -0.770. The molecular weight excluding hydrogens is 396 g/mol. The Balaban J connectivity index is 1.96. The van der Waals surface area contributed by atoms with Crippen LogP contribution in [0, 0.1) is 0 Å². The molecule has 0 aliphatic carbocycles. The molecule has 0 N–H and O–H groups in total. The third-order valence-corrected chi connectivity index (χ3v) is 5.60. The van der Waals surface area contributed by atoms with Gasteiger partial charge in [0.05, 0.1) is 4.90 Å². The first-order valence-corrected chi connectivity index (χ1v) is 9.36. The van der Waals surface area contributed by atoms with Crippen molar-refractivity contribution in [1.82, 2.24) is 0 Å². The molecule has 0 unspecified atom stereocenters. The second kappa shape index (κ2) is 6.33. The van der Waals surface area contributed by atoms with Crippen molar-refractivity contribution in [3.63, 3.8) is 0 Å². The van der Waals surface area contributed by atoms with Gasteiger partial charge in [0.1, 0.15) is 16.9 Å². The molecule has 0 radical (unpaired) electrons. The van der Waals surface area contributed by atoms with Crippen molar-refractivity contribution in [2.24, 2.45) is 0 Å². The molecule has 0 spiro atoms. The third-order valence-electron chi connectivity index (χ3n) is 3.44. The first-order chi connectivity index (χ1) is 11.4. The summed E-state index contributed by atoms with van der Waals surface area (Å²) in [6.45, 7) is 0. The van der Waals surface area contributed by atoms with Crippen molar-refractivity contribution in [1.29, 1.82) is 0 Å². The number of ketones is 1. The number of hydrogen-bond acceptors (Lipinski definition) is 5. The van der Waals surface area contributed by atoms with Crippen molar-refractivity contribution >= 4 is 42.5 Å². The number of rotatable bonds is 4. The monoisotopic (exact) mass is 406 g/mol. The van der Waals surface area contributed by atoms with E-state index in [0.29, 0.717) is 11.0 Å². The lowest BCUT2D eigenvalue weighted by molar-refractivity contribution is 0.101. The highest BCUT2D eigenvalue weighted by Crippen LogP contribution is 2.18.